The van der Waals surface area contributed by atoms with Crippen LogP contribution in [0.2, 0.25) is 0 Å². The maximum absolute atomic E-state index is 12.8. The minimum Gasteiger partial charge on any atom is -0.477 e. The molecule has 2 unspecified atom stereocenters. The number of carbonyl (C=O) groups excluding carboxylic acids is 2. The lowest BCUT2D eigenvalue weighted by Gasteiger charge is -2.31. The van der Waals surface area contributed by atoms with Crippen molar-refractivity contribution in [1.29, 1.82) is 0 Å². The first kappa shape index (κ1) is 56.5. The quantitative estimate of drug-likeness (QED) is 0.0282. The van der Waals surface area contributed by atoms with Gasteiger partial charge in [0.05, 0.1) is 34.4 Å². The molecule has 0 amide bonds. The van der Waals surface area contributed by atoms with Crippen LogP contribution in [0.4, 0.5) is 0 Å². The summed E-state index contributed by atoms with van der Waals surface area (Å²) in [5.41, 5.74) is 0. The van der Waals surface area contributed by atoms with Crippen LogP contribution in [0, 0.1) is 0 Å². The first-order chi connectivity index (χ1) is 28.6. The smallest absolute Gasteiger partial charge is 0.362 e. The predicted octanol–water partition coefficient (Wildman–Crippen LogP) is 13.8. The number of aliphatic carboxylic acids is 1. The van der Waals surface area contributed by atoms with E-state index in [2.05, 4.69) is 50.3 Å². The Morgan fingerprint density at radius 3 is 1.36 bits per heavy atom. The second-order valence-electron chi connectivity index (χ2n) is 17.7. The summed E-state index contributed by atoms with van der Waals surface area (Å²) in [5, 5.41) is 9.63. The maximum atomic E-state index is 12.8. The van der Waals surface area contributed by atoms with Crippen molar-refractivity contribution in [2.45, 2.75) is 231 Å². The van der Waals surface area contributed by atoms with Crippen molar-refractivity contribution in [3.05, 3.63) is 36.5 Å². The Morgan fingerprint density at radius 2 is 0.898 bits per heavy atom. The zero-order valence-electron chi connectivity index (χ0n) is 39.2. The molecule has 0 radical (unpaired) electrons. The van der Waals surface area contributed by atoms with Gasteiger partial charge in [0, 0.05) is 19.3 Å². The van der Waals surface area contributed by atoms with E-state index in [-0.39, 0.29) is 36.2 Å². The third kappa shape index (κ3) is 40.7. The minimum absolute atomic E-state index is 0.0544. The molecule has 0 aromatic rings. The Labute approximate surface area is 364 Å². The van der Waals surface area contributed by atoms with Crippen LogP contribution in [-0.4, -0.2) is 80.6 Å². The van der Waals surface area contributed by atoms with Gasteiger partial charge in [0.1, 0.15) is 6.61 Å². The second-order valence-corrected chi connectivity index (χ2v) is 17.7. The van der Waals surface area contributed by atoms with E-state index >= 15 is 0 Å². The molecule has 1 N–H and O–H groups in total. The van der Waals surface area contributed by atoms with Crippen LogP contribution in [0.1, 0.15) is 219 Å². The fourth-order valence-electron chi connectivity index (χ4n) is 7.18. The van der Waals surface area contributed by atoms with Crippen LogP contribution < -0.4 is 0 Å². The number of quaternary nitrogens is 1. The highest BCUT2D eigenvalue weighted by molar-refractivity contribution is 5.72. The maximum Gasteiger partial charge on any atom is 0.362 e. The minimum atomic E-state index is -0.875. The first-order valence-corrected chi connectivity index (χ1v) is 24.5. The Morgan fingerprint density at radius 1 is 0.508 bits per heavy atom. The van der Waals surface area contributed by atoms with E-state index in [1.54, 1.807) is 0 Å². The van der Waals surface area contributed by atoms with Gasteiger partial charge in [-0.3, -0.25) is 9.59 Å². The molecule has 0 saturated carbocycles. The van der Waals surface area contributed by atoms with Crippen molar-refractivity contribution >= 4 is 17.9 Å². The number of rotatable bonds is 44. The van der Waals surface area contributed by atoms with Crippen molar-refractivity contribution in [1.82, 2.24) is 0 Å². The summed E-state index contributed by atoms with van der Waals surface area (Å²) in [7, 11) is 5.53. The lowest BCUT2D eigenvalue weighted by Crippen LogP contribution is -2.50. The van der Waals surface area contributed by atoms with E-state index in [0.29, 0.717) is 19.3 Å². The van der Waals surface area contributed by atoms with Gasteiger partial charge in [-0.25, -0.2) is 4.79 Å². The number of ether oxygens (including phenoxy) is 3. The van der Waals surface area contributed by atoms with Crippen LogP contribution in [0.3, 0.4) is 0 Å². The molecule has 0 aliphatic rings. The van der Waals surface area contributed by atoms with Crippen LogP contribution in [0.25, 0.3) is 0 Å². The summed E-state index contributed by atoms with van der Waals surface area (Å²) in [6, 6.07) is -0.615. The number of allylic oxidation sites excluding steroid dienone is 6. The molecule has 0 bridgehead atoms. The second kappa shape index (κ2) is 42.2. The molecule has 0 aliphatic heterocycles. The van der Waals surface area contributed by atoms with Gasteiger partial charge < -0.3 is 23.8 Å². The molecule has 0 saturated heterocycles. The SMILES string of the molecule is CCCCC/C=C\CCCCCCCC(=O)OCC(COCCC(C(=O)O)[N+](C)(C)C)OC(=O)CCCCCCCCCCCCC/C=C\C/C=C\CCCCCCC. The Balaban J connectivity index is 4.21. The molecule has 2 atom stereocenters. The number of hydrogen-bond acceptors (Lipinski definition) is 6. The summed E-state index contributed by atoms with van der Waals surface area (Å²) in [6.45, 7) is 4.71. The first-order valence-electron chi connectivity index (χ1n) is 24.5. The Hall–Kier alpha value is -2.45. The van der Waals surface area contributed by atoms with Crippen molar-refractivity contribution in [3.8, 4) is 0 Å². The predicted molar refractivity (Wildman–Crippen MR) is 248 cm³/mol. The number of carbonyl (C=O) groups is 3. The molecule has 0 aromatic heterocycles. The largest absolute Gasteiger partial charge is 0.477 e. The Bertz CT molecular complexity index is 1060. The summed E-state index contributed by atoms with van der Waals surface area (Å²) in [4.78, 5) is 37.0. The summed E-state index contributed by atoms with van der Waals surface area (Å²) in [6.07, 6.45) is 49.1. The molecule has 0 spiro atoms. The molecule has 344 valence electrons. The lowest BCUT2D eigenvalue weighted by atomic mass is 10.0. The van der Waals surface area contributed by atoms with E-state index in [0.717, 1.165) is 57.8 Å². The number of unbranched alkanes of at least 4 members (excludes halogenated alkanes) is 24. The molecule has 0 aliphatic carbocycles. The highest BCUT2D eigenvalue weighted by Crippen LogP contribution is 2.15. The van der Waals surface area contributed by atoms with E-state index in [9.17, 15) is 19.5 Å². The standard InChI is InChI=1S/C51H93NO7/c1-6-8-10-12-14-16-18-20-21-22-23-24-25-26-27-28-29-30-32-34-36-38-40-42-50(54)59-47(45-57-44-43-48(51(55)56)52(3,4)5)46-58-49(53)41-39-37-35-33-31-19-17-15-13-11-9-7-2/h15,17-18,20,22-23,47-48H,6-14,16,19,21,24-46H2,1-5H3/p+1/b17-15-,20-18-,23-22-. The van der Waals surface area contributed by atoms with Crippen molar-refractivity contribution in [3.63, 3.8) is 0 Å². The van der Waals surface area contributed by atoms with Gasteiger partial charge in [0.2, 0.25) is 0 Å². The van der Waals surface area contributed by atoms with Crippen molar-refractivity contribution < 1.29 is 38.2 Å². The molecular weight excluding hydrogens is 739 g/mol. The zero-order valence-corrected chi connectivity index (χ0v) is 39.2. The summed E-state index contributed by atoms with van der Waals surface area (Å²) < 4.78 is 17.3. The summed E-state index contributed by atoms with van der Waals surface area (Å²) >= 11 is 0. The van der Waals surface area contributed by atoms with Gasteiger partial charge >= 0.3 is 17.9 Å². The van der Waals surface area contributed by atoms with E-state index in [1.807, 2.05) is 21.1 Å². The molecule has 8 heteroatoms. The van der Waals surface area contributed by atoms with E-state index in [4.69, 9.17) is 14.2 Å². The van der Waals surface area contributed by atoms with E-state index in [1.165, 1.54) is 128 Å². The molecule has 0 aromatic carbocycles. The lowest BCUT2D eigenvalue weighted by molar-refractivity contribution is -0.887. The molecule has 8 nitrogen and oxygen atoms in total. The summed E-state index contributed by atoms with van der Waals surface area (Å²) in [5.74, 6) is -1.47. The normalized spacial score (nSPS) is 13.2. The van der Waals surface area contributed by atoms with Crippen LogP contribution in [0.15, 0.2) is 36.5 Å². The third-order valence-electron chi connectivity index (χ3n) is 11.0. The topological polar surface area (TPSA) is 99.1 Å². The van der Waals surface area contributed by atoms with Crippen molar-refractivity contribution in [2.24, 2.45) is 0 Å². The number of hydrogen-bond donors (Lipinski definition) is 1. The number of likely N-dealkylation sites (N-methyl/N-ethyl adjacent to an activating group) is 1. The number of esters is 2. The van der Waals surface area contributed by atoms with Gasteiger partial charge in [-0.15, -0.1) is 0 Å². The monoisotopic (exact) mass is 833 g/mol. The van der Waals surface area contributed by atoms with Crippen LogP contribution in [-0.2, 0) is 28.6 Å². The van der Waals surface area contributed by atoms with Crippen molar-refractivity contribution in [2.75, 3.05) is 41.0 Å². The van der Waals surface area contributed by atoms with E-state index < -0.39 is 18.1 Å². The van der Waals surface area contributed by atoms with Crippen LogP contribution >= 0.6 is 0 Å². The molecule has 0 fully saturated rings. The number of carboxylic acids is 1. The van der Waals surface area contributed by atoms with Gasteiger partial charge in [0.15, 0.2) is 12.1 Å². The highest BCUT2D eigenvalue weighted by atomic mass is 16.6. The van der Waals surface area contributed by atoms with Gasteiger partial charge in [-0.2, -0.15) is 0 Å². The fourth-order valence-corrected chi connectivity index (χ4v) is 7.18. The third-order valence-corrected chi connectivity index (χ3v) is 11.0. The number of nitrogens with zero attached hydrogens (tertiary/aromatic N) is 1. The van der Waals surface area contributed by atoms with Crippen LogP contribution in [0.5, 0.6) is 0 Å². The van der Waals surface area contributed by atoms with Gasteiger partial charge in [0.25, 0.3) is 0 Å². The molecular formula is C51H94NO7+. The molecule has 0 rings (SSSR count). The fraction of sp³-hybridized carbons (Fsp3) is 0.824. The molecule has 0 heterocycles. The highest BCUT2D eigenvalue weighted by Gasteiger charge is 2.31. The average molecular weight is 833 g/mol. The Kier molecular flexibility index (Phi) is 40.5. The average Bonchev–Trinajstić information content (AvgIpc) is 3.19. The van der Waals surface area contributed by atoms with Gasteiger partial charge in [-0.1, -0.05) is 166 Å². The number of carboxylic acid groups (broad SMARTS) is 1. The van der Waals surface area contributed by atoms with Gasteiger partial charge in [-0.05, 0) is 70.6 Å². The zero-order chi connectivity index (χ0) is 43.5. The molecule has 59 heavy (non-hydrogen) atoms.